The maximum absolute atomic E-state index is 11.0. The van der Waals surface area contributed by atoms with Gasteiger partial charge in [0.2, 0.25) is 0 Å². The first-order valence-electron chi connectivity index (χ1n) is 8.61. The van der Waals surface area contributed by atoms with E-state index in [0.29, 0.717) is 28.3 Å². The van der Waals surface area contributed by atoms with Gasteiger partial charge in [0.05, 0.1) is 17.2 Å². The highest BCUT2D eigenvalue weighted by molar-refractivity contribution is 6.30. The molecule has 1 aliphatic rings. The molecule has 3 rings (SSSR count). The third kappa shape index (κ3) is 3.51. The van der Waals surface area contributed by atoms with Crippen LogP contribution in [0.2, 0.25) is 5.02 Å². The standard InChI is InChI=1S/C19H24ClN3O2/c1-3-16-17(4-2)23(18(21-16)13-22-11-5-6-12-22)19(24,25)14-7-9-15(20)10-8-14/h3-4,7-10,24-25H,5-6,11-13H2,1-2H3. The summed E-state index contributed by atoms with van der Waals surface area (Å²) in [6, 6.07) is 6.54. The second-order valence-electron chi connectivity index (χ2n) is 6.34. The Kier molecular flexibility index (Phi) is 5.29. The van der Waals surface area contributed by atoms with Crippen LogP contribution in [0.4, 0.5) is 0 Å². The van der Waals surface area contributed by atoms with Gasteiger partial charge in [-0.2, -0.15) is 0 Å². The Labute approximate surface area is 152 Å². The van der Waals surface area contributed by atoms with Crippen LogP contribution in [0.15, 0.2) is 24.3 Å². The van der Waals surface area contributed by atoms with E-state index in [9.17, 15) is 10.2 Å². The molecule has 2 heterocycles. The smallest absolute Gasteiger partial charge is 0.280 e. The second-order valence-corrected chi connectivity index (χ2v) is 6.77. The summed E-state index contributed by atoms with van der Waals surface area (Å²) in [4.78, 5) is 6.95. The molecule has 1 aromatic carbocycles. The molecule has 0 saturated carbocycles. The molecule has 0 aliphatic carbocycles. The molecule has 1 saturated heterocycles. The number of nitrogens with zero attached hydrogens (tertiary/aromatic N) is 3. The third-order valence-corrected chi connectivity index (χ3v) is 4.92. The number of likely N-dealkylation sites (tertiary alicyclic amines) is 1. The van der Waals surface area contributed by atoms with E-state index in [4.69, 9.17) is 11.6 Å². The zero-order valence-electron chi connectivity index (χ0n) is 14.6. The molecule has 1 aliphatic heterocycles. The van der Waals surface area contributed by atoms with E-state index in [0.717, 1.165) is 18.4 Å². The number of halogens is 1. The number of aliphatic hydroxyl groups is 2. The fourth-order valence-corrected chi connectivity index (χ4v) is 3.51. The Morgan fingerprint density at radius 1 is 1.12 bits per heavy atom. The van der Waals surface area contributed by atoms with Crippen molar-refractivity contribution < 1.29 is 10.2 Å². The molecule has 0 amide bonds. The van der Waals surface area contributed by atoms with Gasteiger partial charge in [0.15, 0.2) is 0 Å². The summed E-state index contributed by atoms with van der Waals surface area (Å²) in [7, 11) is 0. The lowest BCUT2D eigenvalue weighted by Gasteiger charge is -2.27. The van der Waals surface area contributed by atoms with Gasteiger partial charge in [-0.1, -0.05) is 35.9 Å². The topological polar surface area (TPSA) is 61.5 Å². The molecule has 0 spiro atoms. The van der Waals surface area contributed by atoms with Crippen LogP contribution in [0.3, 0.4) is 0 Å². The summed E-state index contributed by atoms with van der Waals surface area (Å²) in [6.45, 7) is 6.38. The van der Waals surface area contributed by atoms with Crippen molar-refractivity contribution in [2.75, 3.05) is 13.1 Å². The SMILES string of the molecule is CC=c1nc(CN2CCCC2)n(C(O)(O)c2ccc(Cl)cc2)c1=CC. The molecule has 5 nitrogen and oxygen atoms in total. The molecule has 0 atom stereocenters. The summed E-state index contributed by atoms with van der Waals surface area (Å²) >= 11 is 5.94. The highest BCUT2D eigenvalue weighted by Gasteiger charge is 2.32. The average molecular weight is 362 g/mol. The molecule has 2 N–H and O–H groups in total. The summed E-state index contributed by atoms with van der Waals surface area (Å²) in [5, 5.41) is 24.0. The van der Waals surface area contributed by atoms with Gasteiger partial charge < -0.3 is 10.2 Å². The van der Waals surface area contributed by atoms with Crippen molar-refractivity contribution in [3.8, 4) is 0 Å². The van der Waals surface area contributed by atoms with Gasteiger partial charge >= 0.3 is 0 Å². The van der Waals surface area contributed by atoms with E-state index in [-0.39, 0.29) is 0 Å². The Morgan fingerprint density at radius 2 is 1.76 bits per heavy atom. The highest BCUT2D eigenvalue weighted by atomic mass is 35.5. The monoisotopic (exact) mass is 361 g/mol. The number of rotatable bonds is 4. The maximum atomic E-state index is 11.0. The largest absolute Gasteiger partial charge is 0.345 e. The molecule has 0 unspecified atom stereocenters. The summed E-state index contributed by atoms with van der Waals surface area (Å²) in [6.07, 6.45) is 6.08. The fourth-order valence-electron chi connectivity index (χ4n) is 3.39. The quantitative estimate of drug-likeness (QED) is 0.808. The minimum absolute atomic E-state index is 0.350. The van der Waals surface area contributed by atoms with E-state index in [1.165, 1.54) is 17.4 Å². The lowest BCUT2D eigenvalue weighted by atomic mass is 10.1. The van der Waals surface area contributed by atoms with Crippen LogP contribution >= 0.6 is 11.6 Å². The minimum Gasteiger partial charge on any atom is -0.345 e. The van der Waals surface area contributed by atoms with Crippen molar-refractivity contribution >= 4 is 23.8 Å². The predicted octanol–water partition coefficient (Wildman–Crippen LogP) is 1.38. The van der Waals surface area contributed by atoms with E-state index >= 15 is 0 Å². The van der Waals surface area contributed by atoms with Crippen molar-refractivity contribution in [2.24, 2.45) is 0 Å². The Morgan fingerprint density at radius 3 is 2.32 bits per heavy atom. The normalized spacial score (nSPS) is 17.6. The van der Waals surface area contributed by atoms with E-state index in [1.807, 2.05) is 26.0 Å². The van der Waals surface area contributed by atoms with Crippen LogP contribution in [0.25, 0.3) is 12.2 Å². The number of aromatic nitrogens is 2. The van der Waals surface area contributed by atoms with Crippen molar-refractivity contribution in [2.45, 2.75) is 39.1 Å². The first-order chi connectivity index (χ1) is 12.0. The van der Waals surface area contributed by atoms with Gasteiger partial charge in [0, 0.05) is 10.6 Å². The van der Waals surface area contributed by atoms with Crippen molar-refractivity contribution in [1.82, 2.24) is 14.5 Å². The summed E-state index contributed by atoms with van der Waals surface area (Å²) in [5.74, 6) is -1.56. The van der Waals surface area contributed by atoms with Crippen LogP contribution in [0.5, 0.6) is 0 Å². The van der Waals surface area contributed by atoms with Crippen LogP contribution < -0.4 is 10.7 Å². The molecule has 2 aromatic rings. The number of hydrogen-bond acceptors (Lipinski definition) is 4. The van der Waals surface area contributed by atoms with E-state index in [2.05, 4.69) is 9.88 Å². The first-order valence-corrected chi connectivity index (χ1v) is 8.99. The van der Waals surface area contributed by atoms with Crippen molar-refractivity contribution in [1.29, 1.82) is 0 Å². The lowest BCUT2D eigenvalue weighted by Crippen LogP contribution is -2.45. The van der Waals surface area contributed by atoms with Crippen LogP contribution in [-0.4, -0.2) is 37.8 Å². The summed E-state index contributed by atoms with van der Waals surface area (Å²) in [5.41, 5.74) is 0.350. The van der Waals surface area contributed by atoms with Gasteiger partial charge in [-0.3, -0.25) is 9.47 Å². The molecule has 134 valence electrons. The van der Waals surface area contributed by atoms with E-state index in [1.54, 1.807) is 24.3 Å². The number of hydrogen-bond donors (Lipinski definition) is 2. The minimum atomic E-state index is -2.20. The summed E-state index contributed by atoms with van der Waals surface area (Å²) < 4.78 is 1.52. The molecule has 0 bridgehead atoms. The third-order valence-electron chi connectivity index (χ3n) is 4.66. The van der Waals surface area contributed by atoms with E-state index < -0.39 is 5.91 Å². The Balaban J connectivity index is 2.15. The second kappa shape index (κ2) is 7.30. The molecule has 1 fully saturated rings. The van der Waals surface area contributed by atoms with Gasteiger partial charge in [0.25, 0.3) is 5.91 Å². The molecular formula is C19H24ClN3O2. The molecule has 0 radical (unpaired) electrons. The van der Waals surface area contributed by atoms with Gasteiger partial charge in [-0.05, 0) is 51.9 Å². The Hall–Kier alpha value is -1.66. The molecule has 1 aromatic heterocycles. The number of imidazole rings is 1. The highest BCUT2D eigenvalue weighted by Crippen LogP contribution is 2.23. The first kappa shape index (κ1) is 18.1. The molecular weight excluding hydrogens is 338 g/mol. The van der Waals surface area contributed by atoms with Gasteiger partial charge in [0.1, 0.15) is 5.82 Å². The van der Waals surface area contributed by atoms with Crippen molar-refractivity contribution in [3.63, 3.8) is 0 Å². The Bertz CT molecular complexity index is 850. The van der Waals surface area contributed by atoms with Crippen LogP contribution in [-0.2, 0) is 12.5 Å². The lowest BCUT2D eigenvalue weighted by molar-refractivity contribution is -0.196. The number of benzene rings is 1. The van der Waals surface area contributed by atoms with Crippen LogP contribution in [0.1, 0.15) is 38.1 Å². The maximum Gasteiger partial charge on any atom is 0.280 e. The molecule has 6 heteroatoms. The van der Waals surface area contributed by atoms with Gasteiger partial charge in [-0.15, -0.1) is 0 Å². The van der Waals surface area contributed by atoms with Gasteiger partial charge in [-0.25, -0.2) is 4.98 Å². The fraction of sp³-hybridized carbons (Fsp3) is 0.421. The van der Waals surface area contributed by atoms with Crippen molar-refractivity contribution in [3.05, 3.63) is 51.4 Å². The molecule has 25 heavy (non-hydrogen) atoms. The predicted molar refractivity (Wildman–Crippen MR) is 99.2 cm³/mol. The van der Waals surface area contributed by atoms with Crippen LogP contribution in [0, 0.1) is 0 Å². The average Bonchev–Trinajstić information content (AvgIpc) is 3.22. The zero-order chi connectivity index (χ0) is 18.0. The zero-order valence-corrected chi connectivity index (χ0v) is 15.4.